The van der Waals surface area contributed by atoms with Gasteiger partial charge in [-0.3, -0.25) is 0 Å². The molecule has 0 heterocycles. The molecule has 5 atom stereocenters. The molecule has 5 unspecified atom stereocenters. The van der Waals surface area contributed by atoms with Crippen molar-refractivity contribution in [1.82, 2.24) is 0 Å². The summed E-state index contributed by atoms with van der Waals surface area (Å²) in [7, 11) is 0. The summed E-state index contributed by atoms with van der Waals surface area (Å²) in [6.07, 6.45) is 18.1. The minimum atomic E-state index is 0.976. The van der Waals surface area contributed by atoms with Crippen molar-refractivity contribution in [2.24, 2.45) is 29.6 Å². The maximum Gasteiger partial charge on any atom is -0.0360 e. The highest BCUT2D eigenvalue weighted by Crippen LogP contribution is 2.40. The second-order valence-corrected chi connectivity index (χ2v) is 8.34. The smallest absolute Gasteiger partial charge is 0.0360 e. The molecule has 0 N–H and O–H groups in total. The Bertz CT molecular complexity index is 257. The minimum Gasteiger partial charge on any atom is -0.0625 e. The van der Waals surface area contributed by atoms with Crippen molar-refractivity contribution < 1.29 is 0 Å². The molecule has 2 aliphatic rings. The third-order valence-electron chi connectivity index (χ3n) is 6.49. The standard InChI is InChI=1S/C20H38/c1-16-8-4-6-10-19-11-7-5-9-17(2)13-15-20(19)18(3)14-12-16/h16-20H,4-15H2,1-3H3. The predicted octanol–water partition coefficient (Wildman–Crippen LogP) is 6.84. The minimum absolute atomic E-state index is 0.976. The summed E-state index contributed by atoms with van der Waals surface area (Å²) in [5, 5.41) is 0. The molecule has 0 bridgehead atoms. The molecular weight excluding hydrogens is 240 g/mol. The van der Waals surface area contributed by atoms with Crippen LogP contribution in [0.25, 0.3) is 0 Å². The van der Waals surface area contributed by atoms with Crippen LogP contribution in [0.2, 0.25) is 0 Å². The molecule has 0 saturated heterocycles. The third kappa shape index (κ3) is 5.08. The Labute approximate surface area is 128 Å². The molecule has 0 spiro atoms. The molecule has 2 rings (SSSR count). The maximum absolute atomic E-state index is 2.58. The van der Waals surface area contributed by atoms with Gasteiger partial charge in [-0.25, -0.2) is 0 Å². The van der Waals surface area contributed by atoms with Crippen molar-refractivity contribution in [1.29, 1.82) is 0 Å². The average Bonchev–Trinajstić information content (AvgIpc) is 2.52. The number of hydrogen-bond acceptors (Lipinski definition) is 0. The quantitative estimate of drug-likeness (QED) is 0.455. The predicted molar refractivity (Wildman–Crippen MR) is 89.9 cm³/mol. The van der Waals surface area contributed by atoms with Gasteiger partial charge >= 0.3 is 0 Å². The Morgan fingerprint density at radius 3 is 1.60 bits per heavy atom. The highest BCUT2D eigenvalue weighted by Gasteiger charge is 2.28. The normalized spacial score (nSPS) is 41.9. The van der Waals surface area contributed by atoms with Crippen LogP contribution in [0, 0.1) is 29.6 Å². The Morgan fingerprint density at radius 1 is 0.500 bits per heavy atom. The number of fused-ring (bicyclic) bond motifs is 1. The van der Waals surface area contributed by atoms with E-state index in [0.29, 0.717) is 0 Å². The molecule has 2 aliphatic carbocycles. The van der Waals surface area contributed by atoms with E-state index in [1.54, 1.807) is 0 Å². The number of hydrogen-bond donors (Lipinski definition) is 0. The molecule has 0 aromatic rings. The first kappa shape index (κ1) is 16.4. The second kappa shape index (κ2) is 8.44. The lowest BCUT2D eigenvalue weighted by Crippen LogP contribution is -2.24. The van der Waals surface area contributed by atoms with Crippen molar-refractivity contribution in [3.8, 4) is 0 Å². The molecule has 118 valence electrons. The lowest BCUT2D eigenvalue weighted by Gasteiger charge is -2.34. The van der Waals surface area contributed by atoms with Crippen LogP contribution in [0.1, 0.15) is 97.8 Å². The fraction of sp³-hybridized carbons (Fsp3) is 1.00. The average molecular weight is 279 g/mol. The van der Waals surface area contributed by atoms with Crippen LogP contribution in [0.3, 0.4) is 0 Å². The van der Waals surface area contributed by atoms with Crippen molar-refractivity contribution in [3.05, 3.63) is 0 Å². The zero-order valence-corrected chi connectivity index (χ0v) is 14.4. The van der Waals surface area contributed by atoms with Gasteiger partial charge in [-0.05, 0) is 36.0 Å². The molecule has 20 heavy (non-hydrogen) atoms. The molecule has 0 aromatic heterocycles. The van der Waals surface area contributed by atoms with Crippen molar-refractivity contribution in [3.63, 3.8) is 0 Å². The fourth-order valence-corrected chi connectivity index (χ4v) is 4.88. The summed E-state index contributed by atoms with van der Waals surface area (Å²) in [5.74, 6) is 5.04. The Hall–Kier alpha value is 0. The van der Waals surface area contributed by atoms with Crippen molar-refractivity contribution in [2.45, 2.75) is 97.8 Å². The van der Waals surface area contributed by atoms with Crippen LogP contribution >= 0.6 is 0 Å². The highest BCUT2D eigenvalue weighted by atomic mass is 14.3. The van der Waals surface area contributed by atoms with Gasteiger partial charge in [-0.2, -0.15) is 0 Å². The van der Waals surface area contributed by atoms with Crippen LogP contribution in [0.4, 0.5) is 0 Å². The first-order chi connectivity index (χ1) is 9.66. The van der Waals surface area contributed by atoms with Gasteiger partial charge in [0.25, 0.3) is 0 Å². The zero-order valence-electron chi connectivity index (χ0n) is 14.4. The molecule has 0 nitrogen and oxygen atoms in total. The summed E-state index contributed by atoms with van der Waals surface area (Å²) in [5.41, 5.74) is 0. The van der Waals surface area contributed by atoms with Crippen LogP contribution < -0.4 is 0 Å². The van der Waals surface area contributed by atoms with E-state index in [-0.39, 0.29) is 0 Å². The molecular formula is C20H38. The Balaban J connectivity index is 2.02. The van der Waals surface area contributed by atoms with Crippen LogP contribution in [0.5, 0.6) is 0 Å². The van der Waals surface area contributed by atoms with E-state index in [0.717, 1.165) is 29.6 Å². The van der Waals surface area contributed by atoms with Crippen LogP contribution in [-0.4, -0.2) is 0 Å². The van der Waals surface area contributed by atoms with Gasteiger partial charge in [0.05, 0.1) is 0 Å². The van der Waals surface area contributed by atoms with Crippen LogP contribution in [-0.2, 0) is 0 Å². The van der Waals surface area contributed by atoms with Gasteiger partial charge in [-0.1, -0.05) is 91.4 Å². The molecule has 0 heteroatoms. The molecule has 2 saturated carbocycles. The Morgan fingerprint density at radius 2 is 1.00 bits per heavy atom. The topological polar surface area (TPSA) is 0 Å². The summed E-state index contributed by atoms with van der Waals surface area (Å²) < 4.78 is 0. The third-order valence-corrected chi connectivity index (χ3v) is 6.49. The monoisotopic (exact) mass is 278 g/mol. The van der Waals surface area contributed by atoms with Crippen LogP contribution in [0.15, 0.2) is 0 Å². The molecule has 0 aliphatic heterocycles. The number of rotatable bonds is 0. The summed E-state index contributed by atoms with van der Waals surface area (Å²) in [6, 6.07) is 0. The second-order valence-electron chi connectivity index (χ2n) is 8.34. The largest absolute Gasteiger partial charge is 0.0625 e. The van der Waals surface area contributed by atoms with Crippen molar-refractivity contribution in [2.75, 3.05) is 0 Å². The van der Waals surface area contributed by atoms with Gasteiger partial charge < -0.3 is 0 Å². The highest BCUT2D eigenvalue weighted by molar-refractivity contribution is 4.79. The van der Waals surface area contributed by atoms with E-state index in [1.165, 1.54) is 77.0 Å². The van der Waals surface area contributed by atoms with E-state index in [1.807, 2.05) is 0 Å². The van der Waals surface area contributed by atoms with Gasteiger partial charge in [0, 0.05) is 0 Å². The SMILES string of the molecule is CC1CCCCC2CCCCC(C)CCC2C(C)CC1. The van der Waals surface area contributed by atoms with E-state index >= 15 is 0 Å². The summed E-state index contributed by atoms with van der Waals surface area (Å²) >= 11 is 0. The van der Waals surface area contributed by atoms with E-state index in [2.05, 4.69) is 20.8 Å². The lowest BCUT2D eigenvalue weighted by molar-refractivity contribution is 0.168. The van der Waals surface area contributed by atoms with E-state index in [9.17, 15) is 0 Å². The van der Waals surface area contributed by atoms with E-state index in [4.69, 9.17) is 0 Å². The fourth-order valence-electron chi connectivity index (χ4n) is 4.88. The van der Waals surface area contributed by atoms with E-state index < -0.39 is 0 Å². The lowest BCUT2D eigenvalue weighted by atomic mass is 9.72. The Kier molecular flexibility index (Phi) is 6.91. The van der Waals surface area contributed by atoms with Gasteiger partial charge in [0.2, 0.25) is 0 Å². The summed E-state index contributed by atoms with van der Waals surface area (Å²) in [6.45, 7) is 7.55. The summed E-state index contributed by atoms with van der Waals surface area (Å²) in [4.78, 5) is 0. The maximum atomic E-state index is 2.58. The zero-order chi connectivity index (χ0) is 14.4. The molecule has 0 amide bonds. The van der Waals surface area contributed by atoms with Crippen molar-refractivity contribution >= 4 is 0 Å². The van der Waals surface area contributed by atoms with Gasteiger partial charge in [0.15, 0.2) is 0 Å². The molecule has 2 fully saturated rings. The molecule has 0 aromatic carbocycles. The first-order valence-electron chi connectivity index (χ1n) is 9.66. The van der Waals surface area contributed by atoms with Gasteiger partial charge in [0.1, 0.15) is 0 Å². The molecule has 0 radical (unpaired) electrons. The van der Waals surface area contributed by atoms with Gasteiger partial charge in [-0.15, -0.1) is 0 Å². The first-order valence-corrected chi connectivity index (χ1v) is 9.66.